The van der Waals surface area contributed by atoms with Gasteiger partial charge in [-0.2, -0.15) is 4.98 Å². The van der Waals surface area contributed by atoms with Crippen LogP contribution >= 0.6 is 23.2 Å². The number of hydrogen-bond donors (Lipinski definition) is 2. The summed E-state index contributed by atoms with van der Waals surface area (Å²) in [6.07, 6.45) is -0.158. The third-order valence-corrected chi connectivity index (χ3v) is 4.87. The van der Waals surface area contributed by atoms with Crippen LogP contribution in [0.15, 0.2) is 48.5 Å². The summed E-state index contributed by atoms with van der Waals surface area (Å²) in [5.41, 5.74) is 7.14. The normalized spacial score (nSPS) is 15.4. The summed E-state index contributed by atoms with van der Waals surface area (Å²) in [6, 6.07) is 14.7. The Morgan fingerprint density at radius 2 is 1.89 bits per heavy atom. The van der Waals surface area contributed by atoms with E-state index in [4.69, 9.17) is 38.4 Å². The number of nitrogen functional groups attached to an aromatic ring is 1. The minimum Gasteiger partial charge on any atom is -0.486 e. The van der Waals surface area contributed by atoms with Gasteiger partial charge in [0.2, 0.25) is 5.95 Å². The molecule has 0 bridgehead atoms. The molecule has 0 radical (unpaired) electrons. The van der Waals surface area contributed by atoms with E-state index in [0.717, 1.165) is 11.5 Å². The van der Waals surface area contributed by atoms with Crippen molar-refractivity contribution in [3.8, 4) is 22.8 Å². The van der Waals surface area contributed by atoms with Crippen molar-refractivity contribution in [1.29, 1.82) is 0 Å². The molecule has 0 saturated heterocycles. The van der Waals surface area contributed by atoms with Crippen molar-refractivity contribution in [2.75, 3.05) is 24.2 Å². The molecule has 2 heterocycles. The van der Waals surface area contributed by atoms with Gasteiger partial charge in [-0.25, -0.2) is 4.98 Å². The Kier molecular flexibility index (Phi) is 4.92. The topological polar surface area (TPSA) is 82.3 Å². The van der Waals surface area contributed by atoms with Gasteiger partial charge in [0, 0.05) is 11.6 Å². The highest BCUT2D eigenvalue weighted by Gasteiger charge is 2.20. The fraction of sp³-hybridized carbons (Fsp3) is 0.158. The van der Waals surface area contributed by atoms with Gasteiger partial charge in [0.05, 0.1) is 22.3 Å². The number of anilines is 2. The zero-order valence-electron chi connectivity index (χ0n) is 14.2. The van der Waals surface area contributed by atoms with Gasteiger partial charge < -0.3 is 20.5 Å². The van der Waals surface area contributed by atoms with E-state index >= 15 is 0 Å². The van der Waals surface area contributed by atoms with Gasteiger partial charge in [-0.05, 0) is 18.2 Å². The van der Waals surface area contributed by atoms with Crippen molar-refractivity contribution < 1.29 is 9.47 Å². The monoisotopic (exact) mass is 402 g/mol. The molecule has 8 heteroatoms. The van der Waals surface area contributed by atoms with Crippen LogP contribution in [0.5, 0.6) is 11.5 Å². The molecule has 0 fully saturated rings. The van der Waals surface area contributed by atoms with Gasteiger partial charge in [0.1, 0.15) is 18.5 Å². The maximum Gasteiger partial charge on any atom is 0.222 e. The summed E-state index contributed by atoms with van der Waals surface area (Å²) in [6.45, 7) is 0.936. The van der Waals surface area contributed by atoms with E-state index in [2.05, 4.69) is 15.3 Å². The molecule has 1 unspecified atom stereocenters. The minimum atomic E-state index is -0.158. The number of nitrogens with one attached hydrogen (secondary N) is 1. The molecule has 3 aromatic rings. The first-order valence-electron chi connectivity index (χ1n) is 8.31. The molecule has 1 atom stereocenters. The fourth-order valence-electron chi connectivity index (χ4n) is 2.78. The second kappa shape index (κ2) is 7.50. The van der Waals surface area contributed by atoms with E-state index in [0.29, 0.717) is 40.3 Å². The molecule has 2 aromatic carbocycles. The summed E-state index contributed by atoms with van der Waals surface area (Å²) in [5.74, 6) is 2.18. The number of aromatic nitrogens is 2. The molecule has 6 nitrogen and oxygen atoms in total. The molecule has 27 heavy (non-hydrogen) atoms. The van der Waals surface area contributed by atoms with E-state index in [1.165, 1.54) is 0 Å². The Labute approximate surface area is 166 Å². The molecule has 1 aromatic heterocycles. The van der Waals surface area contributed by atoms with Gasteiger partial charge >= 0.3 is 0 Å². The van der Waals surface area contributed by atoms with E-state index in [1.807, 2.05) is 30.3 Å². The van der Waals surface area contributed by atoms with Crippen molar-refractivity contribution in [3.05, 3.63) is 58.6 Å². The smallest absolute Gasteiger partial charge is 0.222 e. The third-order valence-electron chi connectivity index (χ3n) is 4.05. The van der Waals surface area contributed by atoms with Crippen molar-refractivity contribution in [1.82, 2.24) is 9.97 Å². The molecule has 1 aliphatic rings. The average molecular weight is 403 g/mol. The first kappa shape index (κ1) is 17.7. The molecule has 3 N–H and O–H groups in total. The molecule has 0 aliphatic carbocycles. The molecule has 0 saturated carbocycles. The number of para-hydroxylation sites is 2. The number of nitrogens with zero attached hydrogens (tertiary/aromatic N) is 2. The standard InChI is InChI=1S/C19H16Cl2N4O2/c20-13-5-3-4-12(18(13)21)14-8-17(25-19(22)24-14)23-9-11-10-26-15-6-1-2-7-16(15)27-11/h1-8,11H,9-10H2,(H3,22,23,24,25). The van der Waals surface area contributed by atoms with Crippen LogP contribution in [-0.2, 0) is 0 Å². The number of nitrogens with two attached hydrogens (primary N) is 1. The van der Waals surface area contributed by atoms with Gasteiger partial charge in [0.15, 0.2) is 11.5 Å². The average Bonchev–Trinajstić information content (AvgIpc) is 2.68. The Bertz CT molecular complexity index is 984. The van der Waals surface area contributed by atoms with Gasteiger partial charge in [-0.3, -0.25) is 0 Å². The molecule has 0 amide bonds. The summed E-state index contributed by atoms with van der Waals surface area (Å²) < 4.78 is 11.6. The minimum absolute atomic E-state index is 0.136. The highest BCUT2D eigenvalue weighted by Crippen LogP contribution is 2.34. The lowest BCUT2D eigenvalue weighted by molar-refractivity contribution is 0.0997. The Morgan fingerprint density at radius 1 is 1.07 bits per heavy atom. The quantitative estimate of drug-likeness (QED) is 0.677. The van der Waals surface area contributed by atoms with Gasteiger partial charge in [-0.15, -0.1) is 0 Å². The van der Waals surface area contributed by atoms with Gasteiger partial charge in [0.25, 0.3) is 0 Å². The Hall–Kier alpha value is -2.70. The lowest BCUT2D eigenvalue weighted by atomic mass is 10.1. The number of halogens is 2. The molecular formula is C19H16Cl2N4O2. The zero-order chi connectivity index (χ0) is 18.8. The maximum absolute atomic E-state index is 6.29. The maximum atomic E-state index is 6.29. The summed E-state index contributed by atoms with van der Waals surface area (Å²) >= 11 is 12.4. The first-order valence-corrected chi connectivity index (χ1v) is 9.07. The van der Waals surface area contributed by atoms with Crippen LogP contribution in [0.4, 0.5) is 11.8 Å². The van der Waals surface area contributed by atoms with Crippen LogP contribution in [0, 0.1) is 0 Å². The highest BCUT2D eigenvalue weighted by molar-refractivity contribution is 6.43. The fourth-order valence-corrected chi connectivity index (χ4v) is 3.18. The van der Waals surface area contributed by atoms with E-state index in [9.17, 15) is 0 Å². The van der Waals surface area contributed by atoms with Crippen LogP contribution in [0.3, 0.4) is 0 Å². The Balaban J connectivity index is 1.50. The molecular weight excluding hydrogens is 387 g/mol. The Morgan fingerprint density at radius 3 is 2.74 bits per heavy atom. The molecule has 4 rings (SSSR count). The van der Waals surface area contributed by atoms with E-state index in [-0.39, 0.29) is 12.1 Å². The largest absolute Gasteiger partial charge is 0.486 e. The lowest BCUT2D eigenvalue weighted by Crippen LogP contribution is -2.35. The predicted octanol–water partition coefficient (Wildman–Crippen LogP) is 4.28. The number of hydrogen-bond acceptors (Lipinski definition) is 6. The number of benzene rings is 2. The van der Waals surface area contributed by atoms with Crippen LogP contribution in [-0.4, -0.2) is 29.2 Å². The van der Waals surface area contributed by atoms with Crippen LogP contribution in [0.2, 0.25) is 10.0 Å². The summed E-state index contributed by atoms with van der Waals surface area (Å²) in [4.78, 5) is 8.48. The second-order valence-corrected chi connectivity index (χ2v) is 6.76. The molecule has 0 spiro atoms. The van der Waals surface area contributed by atoms with Crippen molar-refractivity contribution in [2.45, 2.75) is 6.10 Å². The van der Waals surface area contributed by atoms with Crippen molar-refractivity contribution in [2.24, 2.45) is 0 Å². The molecule has 1 aliphatic heterocycles. The van der Waals surface area contributed by atoms with Gasteiger partial charge in [-0.1, -0.05) is 47.5 Å². The first-order chi connectivity index (χ1) is 13.1. The van der Waals surface area contributed by atoms with E-state index < -0.39 is 0 Å². The number of ether oxygens (including phenoxy) is 2. The highest BCUT2D eigenvalue weighted by atomic mass is 35.5. The molecule has 138 valence electrons. The lowest BCUT2D eigenvalue weighted by Gasteiger charge is -2.26. The SMILES string of the molecule is Nc1nc(NCC2COc3ccccc3O2)cc(-c2cccc(Cl)c2Cl)n1. The number of rotatable bonds is 4. The van der Waals surface area contributed by atoms with Crippen LogP contribution in [0.25, 0.3) is 11.3 Å². The summed E-state index contributed by atoms with van der Waals surface area (Å²) in [5, 5.41) is 4.09. The van der Waals surface area contributed by atoms with Crippen LogP contribution < -0.4 is 20.5 Å². The van der Waals surface area contributed by atoms with Crippen molar-refractivity contribution >= 4 is 35.0 Å². The third kappa shape index (κ3) is 3.86. The van der Waals surface area contributed by atoms with Crippen LogP contribution in [0.1, 0.15) is 0 Å². The zero-order valence-corrected chi connectivity index (χ0v) is 15.7. The predicted molar refractivity (Wildman–Crippen MR) is 107 cm³/mol. The van der Waals surface area contributed by atoms with E-state index in [1.54, 1.807) is 18.2 Å². The summed E-state index contributed by atoms with van der Waals surface area (Å²) in [7, 11) is 0. The number of fused-ring (bicyclic) bond motifs is 1. The second-order valence-electron chi connectivity index (χ2n) is 5.98. The van der Waals surface area contributed by atoms with Crippen molar-refractivity contribution in [3.63, 3.8) is 0 Å².